The molecule has 31 heavy (non-hydrogen) atoms. The lowest BCUT2D eigenvalue weighted by Crippen LogP contribution is -2.38. The molecule has 0 saturated carbocycles. The van der Waals surface area contributed by atoms with Crippen molar-refractivity contribution >= 4 is 16.9 Å². The number of para-hydroxylation sites is 2. The number of aromatic nitrogens is 4. The third kappa shape index (κ3) is 3.32. The summed E-state index contributed by atoms with van der Waals surface area (Å²) in [6, 6.07) is 16.2. The summed E-state index contributed by atoms with van der Waals surface area (Å²) in [5.41, 5.74) is 4.87. The quantitative estimate of drug-likeness (QED) is 0.497. The van der Waals surface area contributed by atoms with E-state index < -0.39 is 0 Å². The topological polar surface area (TPSA) is 56.0 Å². The van der Waals surface area contributed by atoms with Gasteiger partial charge in [0.05, 0.1) is 22.6 Å². The van der Waals surface area contributed by atoms with Crippen LogP contribution < -0.4 is 0 Å². The SMILES string of the molecule is Cc1cc(C(=O)N2CCC[C@H]2Cn2c(C)nc3ccccc32)c(C)n1-c1ccccn1. The van der Waals surface area contributed by atoms with Gasteiger partial charge < -0.3 is 14.0 Å². The number of hydrogen-bond acceptors (Lipinski definition) is 3. The van der Waals surface area contributed by atoms with Gasteiger partial charge in [0.25, 0.3) is 5.91 Å². The highest BCUT2D eigenvalue weighted by Gasteiger charge is 2.32. The molecule has 5 rings (SSSR count). The highest BCUT2D eigenvalue weighted by atomic mass is 16.2. The number of hydrogen-bond donors (Lipinski definition) is 0. The zero-order valence-electron chi connectivity index (χ0n) is 18.2. The molecule has 3 aromatic heterocycles. The molecule has 6 nitrogen and oxygen atoms in total. The number of benzene rings is 1. The van der Waals surface area contributed by atoms with Gasteiger partial charge in [-0.15, -0.1) is 0 Å². The molecule has 1 saturated heterocycles. The lowest BCUT2D eigenvalue weighted by atomic mass is 10.1. The minimum atomic E-state index is 0.111. The second-order valence-corrected chi connectivity index (χ2v) is 8.36. The Bertz CT molecular complexity index is 1250. The van der Waals surface area contributed by atoms with Crippen molar-refractivity contribution in [3.05, 3.63) is 77.5 Å². The Morgan fingerprint density at radius 1 is 1.10 bits per heavy atom. The zero-order valence-corrected chi connectivity index (χ0v) is 18.2. The third-order valence-electron chi connectivity index (χ3n) is 6.42. The summed E-state index contributed by atoms with van der Waals surface area (Å²) in [6.07, 6.45) is 3.82. The fourth-order valence-electron chi connectivity index (χ4n) is 4.90. The number of likely N-dealkylation sites (tertiary alicyclic amines) is 1. The number of carbonyl (C=O) groups is 1. The Hall–Kier alpha value is -3.41. The molecule has 158 valence electrons. The van der Waals surface area contributed by atoms with Gasteiger partial charge in [-0.05, 0) is 63.9 Å². The number of imidazole rings is 1. The predicted molar refractivity (Wildman–Crippen MR) is 122 cm³/mol. The van der Waals surface area contributed by atoms with E-state index >= 15 is 0 Å². The standard InChI is InChI=1S/C25H27N5O/c1-17-15-21(18(2)30(17)24-12-6-7-13-26-24)25(31)28-14-8-9-20(28)16-29-19(3)27-22-10-4-5-11-23(22)29/h4-7,10-13,15,20H,8-9,14,16H2,1-3H3/t20-/m0/s1. The molecule has 0 unspecified atom stereocenters. The van der Waals surface area contributed by atoms with E-state index in [-0.39, 0.29) is 11.9 Å². The van der Waals surface area contributed by atoms with Crippen LogP contribution in [0.5, 0.6) is 0 Å². The van der Waals surface area contributed by atoms with E-state index in [4.69, 9.17) is 4.98 Å². The van der Waals surface area contributed by atoms with Gasteiger partial charge in [-0.2, -0.15) is 0 Å². The summed E-state index contributed by atoms with van der Waals surface area (Å²) in [7, 11) is 0. The van der Waals surface area contributed by atoms with E-state index in [1.165, 1.54) is 0 Å². The highest BCUT2D eigenvalue weighted by molar-refractivity contribution is 5.96. The Morgan fingerprint density at radius 2 is 1.90 bits per heavy atom. The molecule has 4 heterocycles. The number of nitrogens with zero attached hydrogens (tertiary/aromatic N) is 5. The van der Waals surface area contributed by atoms with Crippen LogP contribution >= 0.6 is 0 Å². The highest BCUT2D eigenvalue weighted by Crippen LogP contribution is 2.27. The van der Waals surface area contributed by atoms with E-state index in [1.807, 2.05) is 63.2 Å². The smallest absolute Gasteiger partial charge is 0.256 e. The van der Waals surface area contributed by atoms with Crippen molar-refractivity contribution in [3.8, 4) is 5.82 Å². The number of fused-ring (bicyclic) bond motifs is 1. The van der Waals surface area contributed by atoms with Crippen LogP contribution in [0.1, 0.15) is 40.4 Å². The van der Waals surface area contributed by atoms with Crippen LogP contribution in [0.3, 0.4) is 0 Å². The van der Waals surface area contributed by atoms with Gasteiger partial charge in [0.15, 0.2) is 0 Å². The summed E-state index contributed by atoms with van der Waals surface area (Å²) < 4.78 is 4.31. The first kappa shape index (κ1) is 19.5. The van der Waals surface area contributed by atoms with Crippen LogP contribution in [-0.2, 0) is 6.54 Å². The summed E-state index contributed by atoms with van der Waals surface area (Å²) in [6.45, 7) is 7.65. The molecule has 1 aromatic carbocycles. The van der Waals surface area contributed by atoms with Gasteiger partial charge in [-0.3, -0.25) is 4.79 Å². The number of pyridine rings is 1. The summed E-state index contributed by atoms with van der Waals surface area (Å²) in [5.74, 6) is 1.95. The van der Waals surface area contributed by atoms with Crippen LogP contribution in [0, 0.1) is 20.8 Å². The molecule has 0 N–H and O–H groups in total. The molecule has 4 aromatic rings. The number of rotatable bonds is 4. The maximum atomic E-state index is 13.6. The van der Waals surface area contributed by atoms with Crippen LogP contribution in [0.25, 0.3) is 16.9 Å². The molecule has 6 heteroatoms. The van der Waals surface area contributed by atoms with Crippen molar-refractivity contribution in [2.24, 2.45) is 0 Å². The molecule has 0 spiro atoms. The fraction of sp³-hybridized carbons (Fsp3) is 0.320. The number of aryl methyl sites for hydroxylation is 2. The van der Waals surface area contributed by atoms with Gasteiger partial charge in [0.2, 0.25) is 0 Å². The monoisotopic (exact) mass is 413 g/mol. The predicted octanol–water partition coefficient (Wildman–Crippen LogP) is 4.45. The van der Waals surface area contributed by atoms with Gasteiger partial charge in [0.1, 0.15) is 11.6 Å². The molecule has 1 aliphatic rings. The molecule has 1 fully saturated rings. The Balaban J connectivity index is 1.45. The van der Waals surface area contributed by atoms with Gasteiger partial charge in [-0.1, -0.05) is 18.2 Å². The van der Waals surface area contributed by atoms with Crippen molar-refractivity contribution in [1.82, 2.24) is 24.0 Å². The number of carbonyl (C=O) groups excluding carboxylic acids is 1. The average molecular weight is 414 g/mol. The molecule has 1 aliphatic heterocycles. The Labute approximate surface area is 182 Å². The van der Waals surface area contributed by atoms with Gasteiger partial charge in [0, 0.05) is 30.7 Å². The second-order valence-electron chi connectivity index (χ2n) is 8.36. The minimum Gasteiger partial charge on any atom is -0.334 e. The van der Waals surface area contributed by atoms with Crippen LogP contribution in [0.2, 0.25) is 0 Å². The fourth-order valence-corrected chi connectivity index (χ4v) is 4.90. The lowest BCUT2D eigenvalue weighted by molar-refractivity contribution is 0.0724. The van der Waals surface area contributed by atoms with E-state index in [1.54, 1.807) is 6.20 Å². The molecular formula is C25H27N5O. The first-order valence-corrected chi connectivity index (χ1v) is 10.9. The first-order valence-electron chi connectivity index (χ1n) is 10.9. The van der Waals surface area contributed by atoms with Gasteiger partial charge >= 0.3 is 0 Å². The minimum absolute atomic E-state index is 0.111. The average Bonchev–Trinajstić information content (AvgIpc) is 3.45. The Kier molecular flexibility index (Phi) is 4.85. The van der Waals surface area contributed by atoms with Gasteiger partial charge in [-0.25, -0.2) is 9.97 Å². The Morgan fingerprint density at radius 3 is 2.71 bits per heavy atom. The number of amides is 1. The second kappa shape index (κ2) is 7.69. The van der Waals surface area contributed by atoms with Crippen LogP contribution in [0.4, 0.5) is 0 Å². The maximum Gasteiger partial charge on any atom is 0.256 e. The van der Waals surface area contributed by atoms with E-state index in [9.17, 15) is 4.79 Å². The molecule has 0 radical (unpaired) electrons. The van der Waals surface area contributed by atoms with Crippen molar-refractivity contribution in [1.29, 1.82) is 0 Å². The summed E-state index contributed by atoms with van der Waals surface area (Å²) in [5, 5.41) is 0. The van der Waals surface area contributed by atoms with Crippen molar-refractivity contribution < 1.29 is 4.79 Å². The summed E-state index contributed by atoms with van der Waals surface area (Å²) >= 11 is 0. The summed E-state index contributed by atoms with van der Waals surface area (Å²) in [4.78, 5) is 24.8. The van der Waals surface area contributed by atoms with Crippen molar-refractivity contribution in [2.45, 2.75) is 46.2 Å². The largest absolute Gasteiger partial charge is 0.334 e. The molecule has 0 aliphatic carbocycles. The van der Waals surface area contributed by atoms with E-state index in [0.717, 1.165) is 65.6 Å². The lowest BCUT2D eigenvalue weighted by Gasteiger charge is -2.26. The van der Waals surface area contributed by atoms with Crippen molar-refractivity contribution in [3.63, 3.8) is 0 Å². The van der Waals surface area contributed by atoms with Crippen molar-refractivity contribution in [2.75, 3.05) is 6.54 Å². The normalized spacial score (nSPS) is 16.4. The van der Waals surface area contributed by atoms with E-state index in [2.05, 4.69) is 25.1 Å². The molecule has 1 atom stereocenters. The molecular weight excluding hydrogens is 386 g/mol. The maximum absolute atomic E-state index is 13.6. The van der Waals surface area contributed by atoms with Crippen LogP contribution in [0.15, 0.2) is 54.7 Å². The molecule has 0 bridgehead atoms. The van der Waals surface area contributed by atoms with Crippen LogP contribution in [-0.4, -0.2) is 42.5 Å². The molecule has 1 amide bonds. The van der Waals surface area contributed by atoms with E-state index in [0.29, 0.717) is 0 Å². The zero-order chi connectivity index (χ0) is 21.5. The first-order chi connectivity index (χ1) is 15.0. The third-order valence-corrected chi connectivity index (χ3v) is 6.42.